The maximum atomic E-state index is 10.2. The lowest BCUT2D eigenvalue weighted by Gasteiger charge is -2.02. The second-order valence-electron chi connectivity index (χ2n) is 1.18. The van der Waals surface area contributed by atoms with Gasteiger partial charge in [0, 0.05) is 12.4 Å². The van der Waals surface area contributed by atoms with Gasteiger partial charge in [0.2, 0.25) is 0 Å². The van der Waals surface area contributed by atoms with E-state index in [0.717, 1.165) is 0 Å². The van der Waals surface area contributed by atoms with Gasteiger partial charge >= 0.3 is 0 Å². The van der Waals surface area contributed by atoms with Gasteiger partial charge in [0.1, 0.15) is 0 Å². The summed E-state index contributed by atoms with van der Waals surface area (Å²) >= 11 is 0. The molecule has 0 spiro atoms. The molecular formula is C4H5N2O. The normalized spacial score (nSPS) is 27.3. The third-order valence-electron chi connectivity index (χ3n) is 0.643. The number of allylic oxidation sites excluding steroid dienone is 1. The number of hydrogen-bond acceptors (Lipinski definition) is 2. The van der Waals surface area contributed by atoms with Crippen LogP contribution in [0, 0.1) is 0 Å². The first-order chi connectivity index (χ1) is 3.39. The van der Waals surface area contributed by atoms with Gasteiger partial charge in [-0.15, -0.1) is 0 Å². The Morgan fingerprint density at radius 1 is 1.71 bits per heavy atom. The van der Waals surface area contributed by atoms with E-state index in [1.165, 1.54) is 6.21 Å². The molecule has 1 rings (SSSR count). The molecule has 3 heteroatoms. The van der Waals surface area contributed by atoms with Crippen LogP contribution in [0.5, 0.6) is 0 Å². The van der Waals surface area contributed by atoms with Crippen LogP contribution in [-0.4, -0.2) is 12.6 Å². The zero-order chi connectivity index (χ0) is 5.11. The van der Waals surface area contributed by atoms with E-state index >= 15 is 0 Å². The maximum absolute atomic E-state index is 10.2. The number of nitrogens with one attached hydrogen (secondary N) is 1. The molecule has 0 aromatic heterocycles. The van der Waals surface area contributed by atoms with Gasteiger partial charge in [0.15, 0.2) is 0 Å². The lowest BCUT2D eigenvalue weighted by atomic mass is 10.6. The Bertz CT molecular complexity index is 108. The first-order valence-corrected chi connectivity index (χ1v) is 2.00. The van der Waals surface area contributed by atoms with Crippen molar-refractivity contribution < 1.29 is 5.11 Å². The lowest BCUT2D eigenvalue weighted by Crippen LogP contribution is -2.21. The Balaban J connectivity index is 2.49. The van der Waals surface area contributed by atoms with Crippen molar-refractivity contribution in [1.82, 2.24) is 5.32 Å². The largest absolute Gasteiger partial charge is 0.346 e. The molecule has 1 N–H and O–H groups in total. The molecule has 0 aromatic rings. The van der Waals surface area contributed by atoms with Crippen molar-refractivity contribution in [2.24, 2.45) is 4.99 Å². The predicted molar refractivity (Wildman–Crippen MR) is 25.2 cm³/mol. The molecule has 37 valence electrons. The van der Waals surface area contributed by atoms with Crippen molar-refractivity contribution in [3.8, 4) is 0 Å². The van der Waals surface area contributed by atoms with Crippen LogP contribution in [0.2, 0.25) is 0 Å². The molecule has 1 aliphatic heterocycles. The van der Waals surface area contributed by atoms with Gasteiger partial charge in [-0.1, -0.05) is 0 Å². The molecule has 7 heavy (non-hydrogen) atoms. The molecule has 1 heterocycles. The predicted octanol–water partition coefficient (Wildman–Crippen LogP) is -0.112. The molecule has 0 aliphatic carbocycles. The summed E-state index contributed by atoms with van der Waals surface area (Å²) in [5.41, 5.74) is 0. The van der Waals surface area contributed by atoms with E-state index in [2.05, 4.69) is 10.3 Å². The zero-order valence-corrected chi connectivity index (χ0v) is 3.66. The Morgan fingerprint density at radius 2 is 2.57 bits per heavy atom. The molecule has 0 saturated heterocycles. The van der Waals surface area contributed by atoms with E-state index in [0.29, 0.717) is 0 Å². The van der Waals surface area contributed by atoms with Crippen LogP contribution in [0.4, 0.5) is 0 Å². The number of aliphatic imine (C=N–C) groups is 1. The minimum Gasteiger partial charge on any atom is -0.346 e. The Morgan fingerprint density at radius 3 is 2.86 bits per heavy atom. The first-order valence-electron chi connectivity index (χ1n) is 2.00. The molecule has 0 aromatic carbocycles. The fraction of sp³-hybridized carbons (Fsp3) is 0.250. The summed E-state index contributed by atoms with van der Waals surface area (Å²) in [5, 5.41) is 12.6. The van der Waals surface area contributed by atoms with Crippen LogP contribution in [0.1, 0.15) is 0 Å². The average molecular weight is 97.1 g/mol. The van der Waals surface area contributed by atoms with Crippen molar-refractivity contribution in [1.29, 1.82) is 0 Å². The van der Waals surface area contributed by atoms with E-state index in [-0.39, 0.29) is 0 Å². The molecule has 3 nitrogen and oxygen atoms in total. The minimum atomic E-state index is -0.981. The zero-order valence-electron chi connectivity index (χ0n) is 3.66. The van der Waals surface area contributed by atoms with E-state index < -0.39 is 6.35 Å². The summed E-state index contributed by atoms with van der Waals surface area (Å²) in [6.07, 6.45) is 3.75. The van der Waals surface area contributed by atoms with Gasteiger partial charge in [-0.3, -0.25) is 0 Å². The van der Waals surface area contributed by atoms with Crippen LogP contribution in [-0.2, 0) is 5.11 Å². The highest BCUT2D eigenvalue weighted by Crippen LogP contribution is 1.83. The molecule has 1 atom stereocenters. The van der Waals surface area contributed by atoms with E-state index in [1.54, 1.807) is 12.3 Å². The molecule has 1 aliphatic rings. The average Bonchev–Trinajstić information content (AvgIpc) is 1.69. The number of nitrogens with zero attached hydrogens (tertiary/aromatic N) is 1. The van der Waals surface area contributed by atoms with Crippen molar-refractivity contribution in [3.05, 3.63) is 12.3 Å². The first kappa shape index (κ1) is 4.33. The molecule has 0 fully saturated rings. The Hall–Kier alpha value is -0.830. The molecule has 0 amide bonds. The maximum Gasteiger partial charge on any atom is 0.256 e. The molecule has 0 saturated carbocycles. The van der Waals surface area contributed by atoms with E-state index in [4.69, 9.17) is 0 Å². The summed E-state index contributed by atoms with van der Waals surface area (Å²) in [7, 11) is 0. The van der Waals surface area contributed by atoms with Gasteiger partial charge < -0.3 is 5.32 Å². The van der Waals surface area contributed by atoms with Crippen molar-refractivity contribution >= 4 is 6.21 Å². The molecule has 0 bridgehead atoms. The molecular weight excluding hydrogens is 92.1 g/mol. The van der Waals surface area contributed by atoms with Gasteiger partial charge in [-0.05, 0) is 6.08 Å². The summed E-state index contributed by atoms with van der Waals surface area (Å²) in [6, 6.07) is 0. The number of rotatable bonds is 0. The van der Waals surface area contributed by atoms with E-state index in [1.807, 2.05) is 0 Å². The summed E-state index contributed by atoms with van der Waals surface area (Å²) < 4.78 is 0. The second-order valence-corrected chi connectivity index (χ2v) is 1.18. The van der Waals surface area contributed by atoms with Crippen LogP contribution in [0.15, 0.2) is 17.3 Å². The summed E-state index contributed by atoms with van der Waals surface area (Å²) in [4.78, 5) is 3.45. The monoisotopic (exact) mass is 97.0 g/mol. The topological polar surface area (TPSA) is 44.3 Å². The van der Waals surface area contributed by atoms with Crippen LogP contribution < -0.4 is 5.32 Å². The summed E-state index contributed by atoms with van der Waals surface area (Å²) in [6.45, 7) is 0. The third kappa shape index (κ3) is 1.01. The lowest BCUT2D eigenvalue weighted by molar-refractivity contribution is 0.0789. The fourth-order valence-corrected chi connectivity index (χ4v) is 0.352. The minimum absolute atomic E-state index is 0.981. The van der Waals surface area contributed by atoms with Crippen LogP contribution in [0.3, 0.4) is 0 Å². The van der Waals surface area contributed by atoms with Gasteiger partial charge in [0.25, 0.3) is 6.35 Å². The highest BCUT2D eigenvalue weighted by atomic mass is 16.3. The van der Waals surface area contributed by atoms with Crippen molar-refractivity contribution in [2.45, 2.75) is 6.35 Å². The molecule has 1 radical (unpaired) electrons. The highest BCUT2D eigenvalue weighted by Gasteiger charge is 1.95. The molecule has 1 unspecified atom stereocenters. The Labute approximate surface area is 41.4 Å². The SMILES string of the molecule is [O]C1N=CC=CN1. The van der Waals surface area contributed by atoms with E-state index in [9.17, 15) is 5.11 Å². The smallest absolute Gasteiger partial charge is 0.256 e. The van der Waals surface area contributed by atoms with Crippen LogP contribution >= 0.6 is 0 Å². The van der Waals surface area contributed by atoms with Crippen LogP contribution in [0.25, 0.3) is 0 Å². The number of hydrogen-bond donors (Lipinski definition) is 1. The van der Waals surface area contributed by atoms with Gasteiger partial charge in [0.05, 0.1) is 0 Å². The fourth-order valence-electron chi connectivity index (χ4n) is 0.352. The van der Waals surface area contributed by atoms with Gasteiger partial charge in [-0.25, -0.2) is 4.99 Å². The Kier molecular flexibility index (Phi) is 1.08. The van der Waals surface area contributed by atoms with Gasteiger partial charge in [-0.2, -0.15) is 5.11 Å². The highest BCUT2D eigenvalue weighted by molar-refractivity contribution is 5.71. The second kappa shape index (κ2) is 1.75. The van der Waals surface area contributed by atoms with Crippen molar-refractivity contribution in [2.75, 3.05) is 0 Å². The quantitative estimate of drug-likeness (QED) is 0.450. The summed E-state index contributed by atoms with van der Waals surface area (Å²) in [5.74, 6) is 0. The standard InChI is InChI=1S/C4H5N2O/c7-4-5-2-1-3-6-4/h1-5H. The third-order valence-corrected chi connectivity index (χ3v) is 0.643. The van der Waals surface area contributed by atoms with Crippen molar-refractivity contribution in [3.63, 3.8) is 0 Å².